The van der Waals surface area contributed by atoms with Crippen LogP contribution < -0.4 is 16.4 Å². The summed E-state index contributed by atoms with van der Waals surface area (Å²) in [6.45, 7) is 3.56. The van der Waals surface area contributed by atoms with Crippen LogP contribution in [0.4, 0.5) is 0 Å². The fourth-order valence-electron chi connectivity index (χ4n) is 1.23. The van der Waals surface area contributed by atoms with Gasteiger partial charge in [0.1, 0.15) is 0 Å². The highest BCUT2D eigenvalue weighted by Gasteiger charge is 2.14. The molecule has 20 heavy (non-hydrogen) atoms. The fraction of sp³-hybridized carbons (Fsp3) is 0.769. The summed E-state index contributed by atoms with van der Waals surface area (Å²) < 4.78 is 0. The fourth-order valence-corrected chi connectivity index (χ4v) is 1.23. The summed E-state index contributed by atoms with van der Waals surface area (Å²) >= 11 is 0. The Hall–Kier alpha value is -1.63. The van der Waals surface area contributed by atoms with E-state index in [0.717, 1.165) is 19.3 Å². The molecule has 2 amide bonds. The van der Waals surface area contributed by atoms with E-state index in [1.54, 1.807) is 7.05 Å². The molecular weight excluding hydrogens is 266 g/mol. The average Bonchev–Trinajstić information content (AvgIpc) is 2.28. The second-order valence-corrected chi connectivity index (χ2v) is 4.03. The standard InChI is InChI=1S/C10H20N2O3.C2H5NO.CH4/c1-3-4-5-8(11-2)10(15)12-7-6-9(13)14;1-2(3)4;/h8,11H,3-7H2,1-2H3,(H,12,15)(H,13,14);1H3,(H2,3,4);1H4/i1+1,2+1;3+1;1+1. The van der Waals surface area contributed by atoms with Crippen LogP contribution in [0.3, 0.4) is 0 Å². The molecule has 0 aromatic heterocycles. The van der Waals surface area contributed by atoms with Gasteiger partial charge in [0.15, 0.2) is 0 Å². The van der Waals surface area contributed by atoms with E-state index < -0.39 is 5.97 Å². The van der Waals surface area contributed by atoms with Gasteiger partial charge >= 0.3 is 5.97 Å². The molecule has 0 aliphatic carbocycles. The van der Waals surface area contributed by atoms with E-state index in [-0.39, 0.29) is 38.2 Å². The number of amides is 2. The minimum Gasteiger partial charge on any atom is -0.481 e. The zero-order valence-corrected chi connectivity index (χ0v) is 11.9. The predicted molar refractivity (Wildman–Crippen MR) is 79.2 cm³/mol. The van der Waals surface area contributed by atoms with Crippen molar-refractivity contribution in [2.45, 2.75) is 53.0 Å². The Morgan fingerprint density at radius 1 is 1.30 bits per heavy atom. The Balaban J connectivity index is -0.000000508. The van der Waals surface area contributed by atoms with Crippen LogP contribution in [0.15, 0.2) is 0 Å². The summed E-state index contributed by atoms with van der Waals surface area (Å²) in [7, 11) is 1.73. The van der Waals surface area contributed by atoms with Crippen molar-refractivity contribution in [2.24, 2.45) is 5.73 Å². The van der Waals surface area contributed by atoms with Crippen molar-refractivity contribution in [3.8, 4) is 0 Å². The lowest BCUT2D eigenvalue weighted by molar-refractivity contribution is -0.137. The summed E-state index contributed by atoms with van der Waals surface area (Å²) in [6, 6.07) is -0.209. The number of unbranched alkanes of at least 4 members (excludes halogenated alkanes) is 1. The second-order valence-electron chi connectivity index (χ2n) is 4.03. The van der Waals surface area contributed by atoms with Crippen molar-refractivity contribution in [2.75, 3.05) is 13.6 Å². The molecule has 0 bridgehead atoms. The Kier molecular flexibility index (Phi) is 18.1. The van der Waals surface area contributed by atoms with Crippen molar-refractivity contribution < 1.29 is 19.5 Å². The first-order valence-corrected chi connectivity index (χ1v) is 6.27. The lowest BCUT2D eigenvalue weighted by atomic mass is 10.1. The molecule has 0 aliphatic rings. The number of hydrogen-bond donors (Lipinski definition) is 4. The van der Waals surface area contributed by atoms with Crippen LogP contribution in [0.25, 0.3) is 0 Å². The molecule has 0 heterocycles. The zero-order valence-electron chi connectivity index (χ0n) is 11.9. The van der Waals surface area contributed by atoms with Crippen LogP contribution in [0.2, 0.25) is 0 Å². The second kappa shape index (κ2) is 15.4. The van der Waals surface area contributed by atoms with E-state index in [1.165, 1.54) is 6.92 Å². The lowest BCUT2D eigenvalue weighted by Gasteiger charge is -2.14. The molecule has 0 saturated heterocycles. The molecule has 0 aromatic carbocycles. The van der Waals surface area contributed by atoms with Crippen molar-refractivity contribution in [1.82, 2.24) is 10.6 Å². The van der Waals surface area contributed by atoms with Gasteiger partial charge in [-0.1, -0.05) is 27.2 Å². The molecule has 1 unspecified atom stereocenters. The van der Waals surface area contributed by atoms with E-state index in [1.807, 2.05) is 0 Å². The van der Waals surface area contributed by atoms with Crippen molar-refractivity contribution >= 4 is 17.8 Å². The van der Waals surface area contributed by atoms with E-state index in [4.69, 9.17) is 5.11 Å². The number of hydrogen-bond acceptors (Lipinski definition) is 4. The van der Waals surface area contributed by atoms with Gasteiger partial charge in [0.25, 0.3) is 0 Å². The molecule has 1 atom stereocenters. The van der Waals surface area contributed by atoms with E-state index >= 15 is 0 Å². The highest BCUT2D eigenvalue weighted by atomic mass is 16.4. The number of primary amides is 1. The largest absolute Gasteiger partial charge is 0.481 e. The molecule has 0 aromatic rings. The number of aliphatic carboxylic acids is 1. The number of carbonyl (C=O) groups excluding carboxylic acids is 2. The third-order valence-electron chi connectivity index (χ3n) is 2.15. The first kappa shape index (κ1) is 23.5. The Bertz CT molecular complexity index is 279. The monoisotopic (exact) mass is 295 g/mol. The maximum atomic E-state index is 11.5. The molecule has 0 saturated carbocycles. The van der Waals surface area contributed by atoms with E-state index in [2.05, 4.69) is 23.3 Å². The number of rotatable bonds is 8. The van der Waals surface area contributed by atoms with Gasteiger partial charge < -0.3 is 21.5 Å². The predicted octanol–water partition coefficient (Wildman–Crippen LogP) is 0.483. The molecule has 0 radical (unpaired) electrons. The minimum atomic E-state index is -0.898. The Morgan fingerprint density at radius 3 is 2.15 bits per heavy atom. The van der Waals surface area contributed by atoms with Crippen molar-refractivity contribution in [1.29, 1.82) is 0 Å². The van der Waals surface area contributed by atoms with Gasteiger partial charge in [0, 0.05) is 13.5 Å². The number of carboxylic acids is 1. The lowest BCUT2D eigenvalue weighted by Crippen LogP contribution is -2.43. The van der Waals surface area contributed by atoms with Gasteiger partial charge in [0.2, 0.25) is 11.8 Å². The number of likely N-dealkylation sites (N-methyl/N-ethyl adjacent to an activating group) is 1. The Labute approximate surface area is 121 Å². The SMILES string of the molecule is CC([15NH2])=O.[13CH3]CCCC(N[13CH3])C(=O)NCCC(=O)O.[13CH4]. The molecule has 0 rings (SSSR count). The molecule has 0 fully saturated rings. The highest BCUT2D eigenvalue weighted by molar-refractivity contribution is 5.82. The molecule has 5 N–H and O–H groups in total. The molecule has 7 heteroatoms. The summed E-state index contributed by atoms with van der Waals surface area (Å²) in [6.07, 6.45) is 2.78. The molecule has 7 nitrogen and oxygen atoms in total. The van der Waals surface area contributed by atoms with Crippen LogP contribution in [0, 0.1) is 0 Å². The van der Waals surface area contributed by atoms with Crippen molar-refractivity contribution in [3.63, 3.8) is 0 Å². The third-order valence-corrected chi connectivity index (χ3v) is 2.15. The van der Waals surface area contributed by atoms with E-state index in [0.29, 0.717) is 0 Å². The summed E-state index contributed by atoms with van der Waals surface area (Å²) in [4.78, 5) is 30.9. The summed E-state index contributed by atoms with van der Waals surface area (Å²) in [5.74, 6) is -1.35. The number of nitrogens with two attached hydrogens (primary N) is 1. The van der Waals surface area contributed by atoms with Crippen molar-refractivity contribution in [3.05, 3.63) is 0 Å². The van der Waals surface area contributed by atoms with Gasteiger partial charge in [-0.05, 0) is 13.5 Å². The third kappa shape index (κ3) is 18.7. The smallest absolute Gasteiger partial charge is 0.305 e. The molecule has 120 valence electrons. The quantitative estimate of drug-likeness (QED) is 0.383. The van der Waals surface area contributed by atoms with Crippen LogP contribution in [-0.2, 0) is 14.4 Å². The first-order chi connectivity index (χ1) is 8.84. The van der Waals surface area contributed by atoms with Crippen LogP contribution in [0.5, 0.6) is 0 Å². The normalized spacial score (nSPS) is 10.3. The molecule has 0 spiro atoms. The number of nitrogens with one attached hydrogen (secondary N) is 2. The summed E-state index contributed by atoms with van der Waals surface area (Å²) in [5, 5.41) is 13.9. The molecular formula is C13H29N3O4. The van der Waals surface area contributed by atoms with Gasteiger partial charge in [-0.2, -0.15) is 0 Å². The zero-order chi connectivity index (χ0) is 15.3. The van der Waals surface area contributed by atoms with Gasteiger partial charge in [0.05, 0.1) is 12.5 Å². The van der Waals surface area contributed by atoms with Gasteiger partial charge in [-0.15, -0.1) is 0 Å². The maximum absolute atomic E-state index is 11.5. The van der Waals surface area contributed by atoms with Gasteiger partial charge in [-0.3, -0.25) is 14.4 Å². The van der Waals surface area contributed by atoms with Crippen LogP contribution in [-0.4, -0.2) is 42.5 Å². The van der Waals surface area contributed by atoms with Crippen LogP contribution in [0.1, 0.15) is 47.0 Å². The number of carboxylic acid groups (broad SMARTS) is 1. The first-order valence-electron chi connectivity index (χ1n) is 6.27. The highest BCUT2D eigenvalue weighted by Crippen LogP contribution is 2.00. The maximum Gasteiger partial charge on any atom is 0.305 e. The topological polar surface area (TPSA) is 122 Å². The van der Waals surface area contributed by atoms with Gasteiger partial charge in [-0.25, -0.2) is 0 Å². The molecule has 0 aliphatic heterocycles. The Morgan fingerprint density at radius 2 is 1.80 bits per heavy atom. The number of carbonyl (C=O) groups is 3. The summed E-state index contributed by atoms with van der Waals surface area (Å²) in [5.41, 5.74) is 4.47. The van der Waals surface area contributed by atoms with E-state index in [9.17, 15) is 14.4 Å². The minimum absolute atomic E-state index is 0. The average molecular weight is 295 g/mol. The van der Waals surface area contributed by atoms with Crippen LogP contribution >= 0.6 is 0 Å².